The van der Waals surface area contributed by atoms with Crippen LogP contribution in [-0.4, -0.2) is 26.9 Å². The Hall–Kier alpha value is -1.99. The smallest absolute Gasteiger partial charge is 0.268 e. The van der Waals surface area contributed by atoms with E-state index in [0.29, 0.717) is 28.0 Å². The van der Waals surface area contributed by atoms with Crippen LogP contribution in [0, 0.1) is 12.3 Å². The lowest BCUT2D eigenvalue weighted by Gasteiger charge is -2.08. The van der Waals surface area contributed by atoms with Crippen molar-refractivity contribution in [2.75, 3.05) is 10.9 Å². The maximum absolute atomic E-state index is 12.5. The zero-order valence-electron chi connectivity index (χ0n) is 12.9. The third-order valence-corrected chi connectivity index (χ3v) is 4.72. The standard InChI is InChI=1S/C15H18ClN5OS/c1-9-14(23-8-16)11(6-17)13(21(9)2)15(22)19-7-10-4-3-5-12(18)20-10/h3-6,17H,7-8H2,1-2H3,(H2,18,20)(H,19,22). The summed E-state index contributed by atoms with van der Waals surface area (Å²) in [6.45, 7) is 2.17. The molecular weight excluding hydrogens is 334 g/mol. The number of pyridine rings is 1. The number of thioether (sulfide) groups is 1. The van der Waals surface area contributed by atoms with E-state index in [9.17, 15) is 4.79 Å². The van der Waals surface area contributed by atoms with Crippen LogP contribution in [0.1, 0.15) is 27.4 Å². The highest BCUT2D eigenvalue weighted by atomic mass is 35.5. The van der Waals surface area contributed by atoms with Crippen molar-refractivity contribution in [2.45, 2.75) is 18.4 Å². The number of aromatic nitrogens is 2. The van der Waals surface area contributed by atoms with Crippen LogP contribution in [0.3, 0.4) is 0 Å². The first-order valence-electron chi connectivity index (χ1n) is 6.87. The minimum atomic E-state index is -0.264. The molecule has 2 heterocycles. The molecule has 0 aliphatic heterocycles. The predicted molar refractivity (Wildman–Crippen MR) is 94.4 cm³/mol. The number of hydrogen-bond acceptors (Lipinski definition) is 5. The first-order chi connectivity index (χ1) is 11.0. The largest absolute Gasteiger partial charge is 0.384 e. The second-order valence-corrected chi connectivity index (χ2v) is 6.44. The fraction of sp³-hybridized carbons (Fsp3) is 0.267. The lowest BCUT2D eigenvalue weighted by Crippen LogP contribution is -2.26. The number of alkyl halides is 1. The fourth-order valence-corrected chi connectivity index (χ4v) is 3.39. The second-order valence-electron chi connectivity index (χ2n) is 4.87. The number of hydrogen-bond donors (Lipinski definition) is 3. The highest BCUT2D eigenvalue weighted by Gasteiger charge is 2.22. The summed E-state index contributed by atoms with van der Waals surface area (Å²) in [4.78, 5) is 17.5. The number of anilines is 1. The number of halogens is 1. The molecule has 23 heavy (non-hydrogen) atoms. The molecule has 0 saturated heterocycles. The molecule has 0 aliphatic rings. The van der Waals surface area contributed by atoms with Gasteiger partial charge in [0, 0.05) is 29.4 Å². The average Bonchev–Trinajstić information content (AvgIpc) is 2.77. The van der Waals surface area contributed by atoms with E-state index in [0.717, 1.165) is 10.6 Å². The summed E-state index contributed by atoms with van der Waals surface area (Å²) < 4.78 is 1.78. The van der Waals surface area contributed by atoms with Gasteiger partial charge < -0.3 is 21.0 Å². The fourth-order valence-electron chi connectivity index (χ4n) is 2.30. The van der Waals surface area contributed by atoms with Crippen molar-refractivity contribution in [3.8, 4) is 0 Å². The van der Waals surface area contributed by atoms with Gasteiger partial charge in [-0.3, -0.25) is 4.79 Å². The van der Waals surface area contributed by atoms with Crippen LogP contribution < -0.4 is 11.1 Å². The van der Waals surface area contributed by atoms with Gasteiger partial charge in [0.05, 0.1) is 17.5 Å². The summed E-state index contributed by atoms with van der Waals surface area (Å²) in [5.74, 6) is 0.146. The van der Waals surface area contributed by atoms with Crippen molar-refractivity contribution in [1.29, 1.82) is 5.41 Å². The van der Waals surface area contributed by atoms with E-state index in [2.05, 4.69) is 10.3 Å². The average molecular weight is 352 g/mol. The predicted octanol–water partition coefficient (Wildman–Crippen LogP) is 2.53. The van der Waals surface area contributed by atoms with Gasteiger partial charge in [-0.1, -0.05) is 6.07 Å². The molecule has 0 aromatic carbocycles. The van der Waals surface area contributed by atoms with Crippen molar-refractivity contribution >= 4 is 41.3 Å². The van der Waals surface area contributed by atoms with Crippen LogP contribution in [0.4, 0.5) is 5.82 Å². The lowest BCUT2D eigenvalue weighted by molar-refractivity contribution is 0.0942. The number of rotatable bonds is 6. The van der Waals surface area contributed by atoms with Crippen molar-refractivity contribution in [1.82, 2.24) is 14.9 Å². The Morgan fingerprint density at radius 2 is 2.30 bits per heavy atom. The van der Waals surface area contributed by atoms with E-state index in [4.69, 9.17) is 22.7 Å². The van der Waals surface area contributed by atoms with Crippen molar-refractivity contribution in [3.63, 3.8) is 0 Å². The van der Waals surface area contributed by atoms with E-state index in [-0.39, 0.29) is 12.5 Å². The highest BCUT2D eigenvalue weighted by Crippen LogP contribution is 2.30. The zero-order chi connectivity index (χ0) is 17.0. The summed E-state index contributed by atoms with van der Waals surface area (Å²) in [7, 11) is 1.80. The van der Waals surface area contributed by atoms with Gasteiger partial charge in [-0.05, 0) is 19.1 Å². The molecule has 1 amide bonds. The van der Waals surface area contributed by atoms with E-state index in [1.165, 1.54) is 18.0 Å². The third kappa shape index (κ3) is 3.68. The maximum atomic E-state index is 12.5. The molecule has 0 fully saturated rings. The number of carbonyl (C=O) groups is 1. The minimum absolute atomic E-state index is 0.264. The molecule has 0 spiro atoms. The van der Waals surface area contributed by atoms with Crippen LogP contribution in [0.15, 0.2) is 23.1 Å². The SMILES string of the molecule is Cc1c(SCCl)c(C=N)c(C(=O)NCc2cccc(N)n2)n1C. The summed E-state index contributed by atoms with van der Waals surface area (Å²) in [6.07, 6.45) is 1.19. The van der Waals surface area contributed by atoms with E-state index in [1.807, 2.05) is 6.92 Å². The molecular formula is C15H18ClN5OS. The van der Waals surface area contributed by atoms with Gasteiger partial charge in [0.1, 0.15) is 11.5 Å². The first-order valence-corrected chi connectivity index (χ1v) is 8.39. The molecule has 122 valence electrons. The Kier molecular flexibility index (Phi) is 5.68. The molecule has 0 saturated carbocycles. The van der Waals surface area contributed by atoms with Gasteiger partial charge in [0.2, 0.25) is 0 Å². The molecule has 2 aromatic heterocycles. The molecule has 0 bridgehead atoms. The van der Waals surface area contributed by atoms with Crippen molar-refractivity contribution in [3.05, 3.63) is 40.8 Å². The van der Waals surface area contributed by atoms with Crippen molar-refractivity contribution in [2.24, 2.45) is 7.05 Å². The molecule has 4 N–H and O–H groups in total. The van der Waals surface area contributed by atoms with Gasteiger partial charge in [-0.15, -0.1) is 23.4 Å². The van der Waals surface area contributed by atoms with Gasteiger partial charge >= 0.3 is 0 Å². The summed E-state index contributed by atoms with van der Waals surface area (Å²) >= 11 is 7.20. The molecule has 2 rings (SSSR count). The molecule has 0 atom stereocenters. The Bertz CT molecular complexity index is 744. The first kappa shape index (κ1) is 17.4. The Balaban J connectivity index is 2.25. The molecule has 2 aromatic rings. The molecule has 0 aliphatic carbocycles. The van der Waals surface area contributed by atoms with Crippen LogP contribution in [-0.2, 0) is 13.6 Å². The molecule has 8 heteroatoms. The minimum Gasteiger partial charge on any atom is -0.384 e. The molecule has 0 radical (unpaired) electrons. The van der Waals surface area contributed by atoms with Crippen LogP contribution in [0.2, 0.25) is 0 Å². The normalized spacial score (nSPS) is 10.6. The van der Waals surface area contributed by atoms with E-state index in [1.54, 1.807) is 29.8 Å². The number of amides is 1. The number of nitrogens with zero attached hydrogens (tertiary/aromatic N) is 2. The summed E-state index contributed by atoms with van der Waals surface area (Å²) in [6, 6.07) is 5.27. The number of nitrogen functional groups attached to an aromatic ring is 1. The lowest BCUT2D eigenvalue weighted by atomic mass is 10.2. The quantitative estimate of drug-likeness (QED) is 0.423. The van der Waals surface area contributed by atoms with E-state index >= 15 is 0 Å². The van der Waals surface area contributed by atoms with Crippen LogP contribution >= 0.6 is 23.4 Å². The van der Waals surface area contributed by atoms with Gasteiger partial charge in [-0.25, -0.2) is 4.98 Å². The molecule has 6 nitrogen and oxygen atoms in total. The highest BCUT2D eigenvalue weighted by molar-refractivity contribution is 8.00. The topological polar surface area (TPSA) is 96.8 Å². The summed E-state index contributed by atoms with van der Waals surface area (Å²) in [5.41, 5.74) is 8.23. The van der Waals surface area contributed by atoms with Crippen LogP contribution in [0.5, 0.6) is 0 Å². The number of nitrogens with one attached hydrogen (secondary N) is 2. The van der Waals surface area contributed by atoms with E-state index < -0.39 is 0 Å². The van der Waals surface area contributed by atoms with Crippen LogP contribution in [0.25, 0.3) is 0 Å². The Morgan fingerprint density at radius 1 is 1.57 bits per heavy atom. The summed E-state index contributed by atoms with van der Waals surface area (Å²) in [5, 5.41) is 10.8. The second kappa shape index (κ2) is 7.52. The monoisotopic (exact) mass is 351 g/mol. The Morgan fingerprint density at radius 3 is 2.91 bits per heavy atom. The van der Waals surface area contributed by atoms with Gasteiger partial charge in [0.25, 0.3) is 5.91 Å². The number of carbonyl (C=O) groups excluding carboxylic acids is 1. The zero-order valence-corrected chi connectivity index (χ0v) is 14.5. The third-order valence-electron chi connectivity index (χ3n) is 3.48. The van der Waals surface area contributed by atoms with Gasteiger partial charge in [-0.2, -0.15) is 0 Å². The maximum Gasteiger partial charge on any atom is 0.268 e. The Labute approximate surface area is 143 Å². The van der Waals surface area contributed by atoms with Gasteiger partial charge in [0.15, 0.2) is 0 Å². The van der Waals surface area contributed by atoms with Crippen molar-refractivity contribution < 1.29 is 4.79 Å². The molecule has 0 unspecified atom stereocenters. The number of nitrogens with two attached hydrogens (primary N) is 1.